The highest BCUT2D eigenvalue weighted by molar-refractivity contribution is 7.89. The van der Waals surface area contributed by atoms with Crippen molar-refractivity contribution in [3.63, 3.8) is 0 Å². The number of aryl methyl sites for hydroxylation is 1. The summed E-state index contributed by atoms with van der Waals surface area (Å²) in [6.45, 7) is 3.95. The Labute approximate surface area is 176 Å². The van der Waals surface area contributed by atoms with Gasteiger partial charge in [-0.05, 0) is 44.4 Å². The van der Waals surface area contributed by atoms with E-state index in [1.165, 1.54) is 25.7 Å². The molecule has 1 aliphatic rings. The van der Waals surface area contributed by atoms with Gasteiger partial charge in [0.1, 0.15) is 28.9 Å². The second-order valence-corrected chi connectivity index (χ2v) is 8.87. The molecule has 1 N–H and O–H groups in total. The number of aromatic nitrogens is 2. The molecule has 10 heteroatoms. The molecule has 1 saturated heterocycles. The zero-order chi connectivity index (χ0) is 20.9. The third-order valence-electron chi connectivity index (χ3n) is 4.54. The van der Waals surface area contributed by atoms with Gasteiger partial charge in [0.05, 0.1) is 7.11 Å². The molecule has 3 rings (SSSR count). The lowest BCUT2D eigenvalue weighted by Crippen LogP contribution is -2.30. The molecule has 2 aromatic rings. The molecule has 0 amide bonds. The maximum absolute atomic E-state index is 12.6. The van der Waals surface area contributed by atoms with Crippen molar-refractivity contribution in [3.8, 4) is 11.6 Å². The topological polar surface area (TPSA) is 93.7 Å². The van der Waals surface area contributed by atoms with Gasteiger partial charge >= 0.3 is 0 Å². The number of ether oxygens (including phenoxy) is 2. The van der Waals surface area contributed by atoms with E-state index < -0.39 is 10.0 Å². The zero-order valence-corrected chi connectivity index (χ0v) is 18.1. The summed E-state index contributed by atoms with van der Waals surface area (Å²) >= 11 is 5.92. The predicted molar refractivity (Wildman–Crippen MR) is 112 cm³/mol. The van der Waals surface area contributed by atoms with Crippen molar-refractivity contribution in [2.45, 2.75) is 31.1 Å². The Morgan fingerprint density at radius 2 is 1.93 bits per heavy atom. The predicted octanol–water partition coefficient (Wildman–Crippen LogP) is 2.79. The van der Waals surface area contributed by atoms with Crippen molar-refractivity contribution in [2.75, 3.05) is 38.3 Å². The second-order valence-electron chi connectivity index (χ2n) is 6.70. The quantitative estimate of drug-likeness (QED) is 0.630. The van der Waals surface area contributed by atoms with Gasteiger partial charge in [-0.3, -0.25) is 0 Å². The van der Waals surface area contributed by atoms with Gasteiger partial charge in [0.15, 0.2) is 0 Å². The number of benzene rings is 1. The van der Waals surface area contributed by atoms with Crippen molar-refractivity contribution in [3.05, 3.63) is 35.1 Å². The van der Waals surface area contributed by atoms with E-state index in [2.05, 4.69) is 19.6 Å². The van der Waals surface area contributed by atoms with E-state index in [0.717, 1.165) is 31.7 Å². The average molecular weight is 441 g/mol. The molecular formula is C19H25ClN4O4S. The number of anilines is 1. The molecule has 29 heavy (non-hydrogen) atoms. The molecule has 8 nitrogen and oxygen atoms in total. The standard InChI is InChI=1S/C19H25ClN4O4S/c1-14-22-18(24-9-4-3-5-10-24)13-19(23-14)28-11-8-21-29(25,26)17-12-15(20)6-7-16(17)27-2/h6-7,12-13,21H,3-5,8-11H2,1-2H3. The molecule has 0 atom stereocenters. The molecule has 2 heterocycles. The Balaban J connectivity index is 1.60. The van der Waals surface area contributed by atoms with Gasteiger partial charge in [-0.25, -0.2) is 18.1 Å². The Bertz CT molecular complexity index is 949. The van der Waals surface area contributed by atoms with Crippen LogP contribution in [0.1, 0.15) is 25.1 Å². The van der Waals surface area contributed by atoms with Crippen LogP contribution in [0.3, 0.4) is 0 Å². The first kappa shape index (κ1) is 21.6. The molecule has 1 aromatic carbocycles. The largest absolute Gasteiger partial charge is 0.495 e. The lowest BCUT2D eigenvalue weighted by Gasteiger charge is -2.28. The first-order chi connectivity index (χ1) is 13.9. The van der Waals surface area contributed by atoms with Crippen molar-refractivity contribution < 1.29 is 17.9 Å². The van der Waals surface area contributed by atoms with E-state index in [-0.39, 0.29) is 23.8 Å². The molecular weight excluding hydrogens is 416 g/mol. The molecule has 1 aromatic heterocycles. The smallest absolute Gasteiger partial charge is 0.244 e. The maximum Gasteiger partial charge on any atom is 0.244 e. The van der Waals surface area contributed by atoms with Crippen molar-refractivity contribution >= 4 is 27.4 Å². The third-order valence-corrected chi connectivity index (χ3v) is 6.26. The molecule has 1 fully saturated rings. The Hall–Kier alpha value is -2.10. The molecule has 0 spiro atoms. The number of hydrogen-bond donors (Lipinski definition) is 1. The molecule has 1 aliphatic heterocycles. The van der Waals surface area contributed by atoms with Gasteiger partial charge in [0.25, 0.3) is 0 Å². The summed E-state index contributed by atoms with van der Waals surface area (Å²) in [5.74, 6) is 2.11. The van der Waals surface area contributed by atoms with Crippen LogP contribution in [-0.4, -0.2) is 51.7 Å². The van der Waals surface area contributed by atoms with Crippen LogP contribution in [-0.2, 0) is 10.0 Å². The van der Waals surface area contributed by atoms with Gasteiger partial charge in [0, 0.05) is 30.7 Å². The summed E-state index contributed by atoms with van der Waals surface area (Å²) in [5, 5.41) is 0.309. The van der Waals surface area contributed by atoms with Crippen LogP contribution in [0.5, 0.6) is 11.6 Å². The van der Waals surface area contributed by atoms with Crippen LogP contribution < -0.4 is 19.1 Å². The third kappa shape index (κ3) is 5.71. The minimum absolute atomic E-state index is 0.0160. The van der Waals surface area contributed by atoms with Crippen LogP contribution >= 0.6 is 11.6 Å². The summed E-state index contributed by atoms with van der Waals surface area (Å²) in [6.07, 6.45) is 3.53. The van der Waals surface area contributed by atoms with Crippen molar-refractivity contribution in [1.29, 1.82) is 0 Å². The minimum Gasteiger partial charge on any atom is -0.495 e. The van der Waals surface area contributed by atoms with Crippen LogP contribution in [0.25, 0.3) is 0 Å². The van der Waals surface area contributed by atoms with Gasteiger partial charge in [-0.1, -0.05) is 11.6 Å². The van der Waals surface area contributed by atoms with E-state index in [0.29, 0.717) is 16.7 Å². The number of methoxy groups -OCH3 is 1. The van der Waals surface area contributed by atoms with E-state index in [1.54, 1.807) is 12.1 Å². The van der Waals surface area contributed by atoms with E-state index >= 15 is 0 Å². The molecule has 0 bridgehead atoms. The lowest BCUT2D eigenvalue weighted by atomic mass is 10.1. The summed E-state index contributed by atoms with van der Waals surface area (Å²) in [7, 11) is -2.39. The number of hydrogen-bond acceptors (Lipinski definition) is 7. The fraction of sp³-hybridized carbons (Fsp3) is 0.474. The van der Waals surface area contributed by atoms with Gasteiger partial charge in [0.2, 0.25) is 15.9 Å². The number of nitrogens with one attached hydrogen (secondary N) is 1. The van der Waals surface area contributed by atoms with Gasteiger partial charge in [-0.15, -0.1) is 0 Å². The van der Waals surface area contributed by atoms with Gasteiger partial charge < -0.3 is 14.4 Å². The van der Waals surface area contributed by atoms with Crippen LogP contribution in [0.15, 0.2) is 29.2 Å². The summed E-state index contributed by atoms with van der Waals surface area (Å²) < 4.78 is 38.4. The highest BCUT2D eigenvalue weighted by Crippen LogP contribution is 2.27. The number of rotatable bonds is 8. The molecule has 0 unspecified atom stereocenters. The van der Waals surface area contributed by atoms with Crippen LogP contribution in [0, 0.1) is 6.92 Å². The zero-order valence-electron chi connectivity index (χ0n) is 16.5. The van der Waals surface area contributed by atoms with Crippen LogP contribution in [0.4, 0.5) is 5.82 Å². The van der Waals surface area contributed by atoms with E-state index in [4.69, 9.17) is 21.1 Å². The van der Waals surface area contributed by atoms with Crippen molar-refractivity contribution in [2.24, 2.45) is 0 Å². The minimum atomic E-state index is -3.79. The Morgan fingerprint density at radius 3 is 2.66 bits per heavy atom. The van der Waals surface area contributed by atoms with Gasteiger partial charge in [-0.2, -0.15) is 4.98 Å². The first-order valence-electron chi connectivity index (χ1n) is 9.46. The normalized spacial score (nSPS) is 14.7. The summed E-state index contributed by atoms with van der Waals surface area (Å²) in [6, 6.07) is 6.23. The lowest BCUT2D eigenvalue weighted by molar-refractivity contribution is 0.309. The summed E-state index contributed by atoms with van der Waals surface area (Å²) in [4.78, 5) is 11.0. The molecule has 0 saturated carbocycles. The number of nitrogens with zero attached hydrogens (tertiary/aromatic N) is 3. The van der Waals surface area contributed by atoms with Crippen LogP contribution in [0.2, 0.25) is 5.02 Å². The van der Waals surface area contributed by atoms with E-state index in [1.807, 2.05) is 6.92 Å². The maximum atomic E-state index is 12.6. The summed E-state index contributed by atoms with van der Waals surface area (Å²) in [5.41, 5.74) is 0. The Kier molecular flexibility index (Phi) is 7.15. The second kappa shape index (κ2) is 9.60. The number of piperidine rings is 1. The fourth-order valence-electron chi connectivity index (χ4n) is 3.15. The average Bonchev–Trinajstić information content (AvgIpc) is 2.71. The monoisotopic (exact) mass is 440 g/mol. The van der Waals surface area contributed by atoms with Crippen molar-refractivity contribution in [1.82, 2.24) is 14.7 Å². The molecule has 0 radical (unpaired) electrons. The fourth-order valence-corrected chi connectivity index (χ4v) is 4.60. The number of halogens is 1. The number of sulfonamides is 1. The highest BCUT2D eigenvalue weighted by atomic mass is 35.5. The first-order valence-corrected chi connectivity index (χ1v) is 11.3. The van der Waals surface area contributed by atoms with E-state index in [9.17, 15) is 8.42 Å². The SMILES string of the molecule is COc1ccc(Cl)cc1S(=O)(=O)NCCOc1cc(N2CCCCC2)nc(C)n1. The molecule has 0 aliphatic carbocycles. The highest BCUT2D eigenvalue weighted by Gasteiger charge is 2.20. The molecule has 158 valence electrons. The Morgan fingerprint density at radius 1 is 1.17 bits per heavy atom.